The highest BCUT2D eigenvalue weighted by Gasteiger charge is 2.48. The van der Waals surface area contributed by atoms with E-state index in [1.54, 1.807) is 31.2 Å². The van der Waals surface area contributed by atoms with Crippen LogP contribution in [0.3, 0.4) is 0 Å². The van der Waals surface area contributed by atoms with Gasteiger partial charge in [0.15, 0.2) is 11.9 Å². The van der Waals surface area contributed by atoms with Crippen LogP contribution in [0.5, 0.6) is 5.75 Å². The minimum Gasteiger partial charge on any atom is -0.482 e. The molecule has 0 radical (unpaired) electrons. The van der Waals surface area contributed by atoms with Crippen molar-refractivity contribution in [1.29, 1.82) is 0 Å². The van der Waals surface area contributed by atoms with E-state index in [-0.39, 0.29) is 25.0 Å². The highest BCUT2D eigenvalue weighted by atomic mass is 19.1. The first-order valence-electron chi connectivity index (χ1n) is 9.24. The molecule has 7 nitrogen and oxygen atoms in total. The van der Waals surface area contributed by atoms with Crippen LogP contribution >= 0.6 is 0 Å². The van der Waals surface area contributed by atoms with Gasteiger partial charge in [-0.1, -0.05) is 30.3 Å². The summed E-state index contributed by atoms with van der Waals surface area (Å²) >= 11 is 0. The van der Waals surface area contributed by atoms with Crippen LogP contribution in [0.1, 0.15) is 41.6 Å². The van der Waals surface area contributed by atoms with E-state index in [2.05, 4.69) is 0 Å². The maximum absolute atomic E-state index is 14.0. The molecule has 0 aliphatic carbocycles. The summed E-state index contributed by atoms with van der Waals surface area (Å²) in [6.07, 6.45) is -1.71. The standard InChI is InChI=1S/C21H20FNO6/c1-2-28-20(25)12-19-21(23(26)27)15(13-7-4-6-10-18(13)29-19)11-17(24)14-8-3-5-9-16(14)22/h3-10,15,19,21H,2,11-12H2,1H3/t15-,19+,21+/m1/s1. The Labute approximate surface area is 166 Å². The molecule has 152 valence electrons. The van der Waals surface area contributed by atoms with Gasteiger partial charge < -0.3 is 9.47 Å². The lowest BCUT2D eigenvalue weighted by Gasteiger charge is -2.34. The van der Waals surface area contributed by atoms with Gasteiger partial charge in [-0.15, -0.1) is 0 Å². The van der Waals surface area contributed by atoms with Crippen LogP contribution in [0.2, 0.25) is 0 Å². The van der Waals surface area contributed by atoms with Gasteiger partial charge in [-0.05, 0) is 25.1 Å². The Hall–Kier alpha value is -3.29. The molecule has 1 aliphatic heterocycles. The molecule has 0 bridgehead atoms. The minimum atomic E-state index is -1.36. The molecular weight excluding hydrogens is 381 g/mol. The van der Waals surface area contributed by atoms with Crippen molar-refractivity contribution < 1.29 is 28.4 Å². The number of rotatable bonds is 7. The third-order valence-electron chi connectivity index (χ3n) is 4.89. The summed E-state index contributed by atoms with van der Waals surface area (Å²) in [5.41, 5.74) is 0.361. The van der Waals surface area contributed by atoms with Gasteiger partial charge in [0, 0.05) is 16.9 Å². The van der Waals surface area contributed by atoms with Gasteiger partial charge in [0.1, 0.15) is 11.6 Å². The van der Waals surface area contributed by atoms with E-state index in [9.17, 15) is 24.1 Å². The summed E-state index contributed by atoms with van der Waals surface area (Å²) in [4.78, 5) is 36.0. The number of fused-ring (bicyclic) bond motifs is 1. The van der Waals surface area contributed by atoms with Crippen molar-refractivity contribution in [2.75, 3.05) is 6.61 Å². The minimum absolute atomic E-state index is 0.125. The fraction of sp³-hybridized carbons (Fsp3) is 0.333. The van der Waals surface area contributed by atoms with E-state index in [1.807, 2.05) is 0 Å². The monoisotopic (exact) mass is 401 g/mol. The largest absolute Gasteiger partial charge is 0.482 e. The fourth-order valence-electron chi connectivity index (χ4n) is 3.63. The van der Waals surface area contributed by atoms with E-state index in [1.165, 1.54) is 24.3 Å². The summed E-state index contributed by atoms with van der Waals surface area (Å²) in [7, 11) is 0. The highest BCUT2D eigenvalue weighted by molar-refractivity contribution is 5.97. The Morgan fingerprint density at radius 2 is 1.83 bits per heavy atom. The molecule has 1 heterocycles. The SMILES string of the molecule is CCOC(=O)C[C@@H]1Oc2ccccc2[C@@H](CC(=O)c2ccccc2F)[C@@H]1[N+](=O)[O-]. The zero-order chi connectivity index (χ0) is 21.0. The Bertz CT molecular complexity index is 931. The van der Waals surface area contributed by atoms with Crippen molar-refractivity contribution in [3.63, 3.8) is 0 Å². The second kappa shape index (κ2) is 8.81. The van der Waals surface area contributed by atoms with E-state index in [0.717, 1.165) is 0 Å². The molecule has 3 rings (SSSR count). The van der Waals surface area contributed by atoms with Crippen molar-refractivity contribution in [3.8, 4) is 5.75 Å². The summed E-state index contributed by atoms with van der Waals surface area (Å²) < 4.78 is 24.7. The number of hydrogen-bond donors (Lipinski definition) is 0. The van der Waals surface area contributed by atoms with Gasteiger partial charge in [-0.3, -0.25) is 19.7 Å². The first-order chi connectivity index (χ1) is 13.9. The van der Waals surface area contributed by atoms with Gasteiger partial charge in [-0.2, -0.15) is 0 Å². The molecule has 8 heteroatoms. The third-order valence-corrected chi connectivity index (χ3v) is 4.89. The van der Waals surface area contributed by atoms with E-state index in [0.29, 0.717) is 11.3 Å². The topological polar surface area (TPSA) is 95.7 Å². The van der Waals surface area contributed by atoms with Crippen molar-refractivity contribution in [3.05, 3.63) is 75.6 Å². The molecule has 0 aromatic heterocycles. The lowest BCUT2D eigenvalue weighted by Crippen LogP contribution is -2.47. The number of esters is 1. The number of ether oxygens (including phenoxy) is 2. The summed E-state index contributed by atoms with van der Waals surface area (Å²) in [6, 6.07) is 10.8. The van der Waals surface area contributed by atoms with Gasteiger partial charge in [0.2, 0.25) is 0 Å². The van der Waals surface area contributed by atoms with Crippen LogP contribution in [-0.2, 0) is 9.53 Å². The number of halogens is 1. The summed E-state index contributed by atoms with van der Waals surface area (Å²) in [5.74, 6) is -2.36. The molecule has 0 saturated heterocycles. The first-order valence-corrected chi connectivity index (χ1v) is 9.24. The molecule has 2 aromatic rings. The number of Topliss-reactive ketones (excluding diaryl/α,β-unsaturated/α-hetero) is 1. The lowest BCUT2D eigenvalue weighted by atomic mass is 9.80. The van der Waals surface area contributed by atoms with Gasteiger partial charge in [0.25, 0.3) is 6.04 Å². The fourth-order valence-corrected chi connectivity index (χ4v) is 3.63. The average Bonchev–Trinajstić information content (AvgIpc) is 2.68. The molecule has 1 aliphatic rings. The number of para-hydroxylation sites is 1. The normalized spacial score (nSPS) is 20.3. The number of carbonyl (C=O) groups excluding carboxylic acids is 2. The van der Waals surface area contributed by atoms with Crippen molar-refractivity contribution in [2.45, 2.75) is 37.8 Å². The van der Waals surface area contributed by atoms with Crippen molar-refractivity contribution in [2.24, 2.45) is 0 Å². The van der Waals surface area contributed by atoms with Crippen molar-refractivity contribution >= 4 is 11.8 Å². The number of nitro groups is 1. The molecule has 0 unspecified atom stereocenters. The zero-order valence-corrected chi connectivity index (χ0v) is 15.7. The first kappa shape index (κ1) is 20.4. The van der Waals surface area contributed by atoms with Crippen LogP contribution in [0.4, 0.5) is 4.39 Å². The molecular formula is C21H20FNO6. The number of hydrogen-bond acceptors (Lipinski definition) is 6. The molecule has 2 aromatic carbocycles. The molecule has 0 N–H and O–H groups in total. The number of carbonyl (C=O) groups is 2. The Morgan fingerprint density at radius 1 is 1.14 bits per heavy atom. The molecule has 0 amide bonds. The second-order valence-electron chi connectivity index (χ2n) is 6.69. The molecule has 0 fully saturated rings. The maximum atomic E-state index is 14.0. The van der Waals surface area contributed by atoms with Crippen LogP contribution in [0.15, 0.2) is 48.5 Å². The second-order valence-corrected chi connectivity index (χ2v) is 6.69. The van der Waals surface area contributed by atoms with E-state index >= 15 is 0 Å². The average molecular weight is 401 g/mol. The summed E-state index contributed by atoms with van der Waals surface area (Å²) in [5, 5.41) is 11.9. The van der Waals surface area contributed by atoms with Crippen LogP contribution < -0.4 is 4.74 Å². The zero-order valence-electron chi connectivity index (χ0n) is 15.7. The number of benzene rings is 2. The quantitative estimate of drug-likeness (QED) is 0.305. The smallest absolute Gasteiger partial charge is 0.309 e. The van der Waals surface area contributed by atoms with Crippen molar-refractivity contribution in [1.82, 2.24) is 0 Å². The van der Waals surface area contributed by atoms with Gasteiger partial charge in [-0.25, -0.2) is 4.39 Å². The molecule has 0 saturated carbocycles. The Morgan fingerprint density at radius 3 is 2.52 bits per heavy atom. The Balaban J connectivity index is 1.97. The van der Waals surface area contributed by atoms with E-state index in [4.69, 9.17) is 9.47 Å². The molecule has 29 heavy (non-hydrogen) atoms. The summed E-state index contributed by atoms with van der Waals surface area (Å²) in [6.45, 7) is 1.77. The molecule has 3 atom stereocenters. The third kappa shape index (κ3) is 4.42. The maximum Gasteiger partial charge on any atom is 0.309 e. The van der Waals surface area contributed by atoms with Crippen LogP contribution in [0.25, 0.3) is 0 Å². The van der Waals surface area contributed by atoms with E-state index < -0.39 is 40.6 Å². The predicted octanol–water partition coefficient (Wildman–Crippen LogP) is 3.54. The van der Waals surface area contributed by atoms with Gasteiger partial charge in [0.05, 0.1) is 24.5 Å². The predicted molar refractivity (Wildman–Crippen MR) is 101 cm³/mol. The molecule has 0 spiro atoms. The number of ketones is 1. The van der Waals surface area contributed by atoms with Gasteiger partial charge >= 0.3 is 5.97 Å². The Kier molecular flexibility index (Phi) is 6.21. The van der Waals surface area contributed by atoms with Crippen LogP contribution in [-0.4, -0.2) is 35.4 Å². The van der Waals surface area contributed by atoms with Crippen LogP contribution in [0, 0.1) is 15.9 Å². The lowest BCUT2D eigenvalue weighted by molar-refractivity contribution is -0.538. The highest BCUT2D eigenvalue weighted by Crippen LogP contribution is 2.41. The number of nitrogens with zero attached hydrogens (tertiary/aromatic N) is 1.